The molecule has 39 heavy (non-hydrogen) atoms. The van der Waals surface area contributed by atoms with Gasteiger partial charge in [-0.05, 0) is 85.8 Å². The Hall–Kier alpha value is -4.10. The number of hydrogen-bond donors (Lipinski definition) is 1. The molecular formula is C32H36N4O3. The number of imidazole rings is 1. The number of carbonyl (C=O) groups excluding carboxylic acids is 1. The molecule has 0 aliphatic carbocycles. The number of unbranched alkanes of at least 4 members (excludes halogenated alkanes) is 1. The predicted molar refractivity (Wildman–Crippen MR) is 156 cm³/mol. The number of aromatic nitrogens is 2. The molecule has 2 heterocycles. The minimum absolute atomic E-state index is 0.0712. The van der Waals surface area contributed by atoms with Gasteiger partial charge in [-0.2, -0.15) is 0 Å². The molecule has 0 fully saturated rings. The lowest BCUT2D eigenvalue weighted by molar-refractivity contribution is -0.118. The highest BCUT2D eigenvalue weighted by atomic mass is 16.5. The van der Waals surface area contributed by atoms with Gasteiger partial charge in [0.05, 0.1) is 24.5 Å². The van der Waals surface area contributed by atoms with Gasteiger partial charge in [0, 0.05) is 25.3 Å². The monoisotopic (exact) mass is 524 g/mol. The second-order valence-electron chi connectivity index (χ2n) is 9.96. The van der Waals surface area contributed by atoms with Crippen LogP contribution in [-0.2, 0) is 11.3 Å². The molecular weight excluding hydrogens is 488 g/mol. The van der Waals surface area contributed by atoms with Crippen molar-refractivity contribution in [2.45, 2.75) is 32.7 Å². The highest BCUT2D eigenvalue weighted by Crippen LogP contribution is 2.25. The number of anilines is 1. The van der Waals surface area contributed by atoms with Gasteiger partial charge in [0.2, 0.25) is 0 Å². The van der Waals surface area contributed by atoms with Crippen molar-refractivity contribution in [2.24, 2.45) is 0 Å². The summed E-state index contributed by atoms with van der Waals surface area (Å²) in [7, 11) is 1.61. The number of fused-ring (bicyclic) bond motifs is 1. The van der Waals surface area contributed by atoms with E-state index < -0.39 is 0 Å². The minimum Gasteiger partial charge on any atom is -0.497 e. The maximum atomic E-state index is 12.5. The Kier molecular flexibility index (Phi) is 8.58. The summed E-state index contributed by atoms with van der Waals surface area (Å²) in [5, 5.41) is 2.93. The fourth-order valence-corrected chi connectivity index (χ4v) is 5.13. The average molecular weight is 525 g/mol. The number of nitrogens with zero attached hydrogens (tertiary/aromatic N) is 3. The lowest BCUT2D eigenvalue weighted by Gasteiger charge is -2.26. The van der Waals surface area contributed by atoms with E-state index in [2.05, 4.69) is 63.1 Å². The van der Waals surface area contributed by atoms with E-state index in [0.717, 1.165) is 73.5 Å². The van der Waals surface area contributed by atoms with Crippen molar-refractivity contribution in [1.29, 1.82) is 0 Å². The lowest BCUT2D eigenvalue weighted by atomic mass is 9.99. The van der Waals surface area contributed by atoms with Crippen LogP contribution >= 0.6 is 0 Å². The van der Waals surface area contributed by atoms with E-state index in [1.54, 1.807) is 31.4 Å². The van der Waals surface area contributed by atoms with Gasteiger partial charge in [0.15, 0.2) is 6.61 Å². The van der Waals surface area contributed by atoms with Gasteiger partial charge in [-0.1, -0.05) is 36.4 Å². The first-order chi connectivity index (χ1) is 19.1. The summed E-state index contributed by atoms with van der Waals surface area (Å²) < 4.78 is 13.0. The highest BCUT2D eigenvalue weighted by Gasteiger charge is 2.13. The molecule has 3 aromatic carbocycles. The van der Waals surface area contributed by atoms with Crippen molar-refractivity contribution in [2.75, 3.05) is 38.7 Å². The molecule has 7 nitrogen and oxygen atoms in total. The molecule has 5 rings (SSSR count). The Morgan fingerprint density at radius 2 is 1.77 bits per heavy atom. The number of amides is 1. The van der Waals surface area contributed by atoms with Crippen molar-refractivity contribution < 1.29 is 14.3 Å². The predicted octanol–water partition coefficient (Wildman–Crippen LogP) is 5.94. The van der Waals surface area contributed by atoms with Crippen LogP contribution in [0.2, 0.25) is 0 Å². The number of benzene rings is 3. The van der Waals surface area contributed by atoms with E-state index in [-0.39, 0.29) is 12.5 Å². The summed E-state index contributed by atoms with van der Waals surface area (Å²) >= 11 is 0. The molecule has 1 aliphatic rings. The van der Waals surface area contributed by atoms with Gasteiger partial charge >= 0.3 is 0 Å². The Bertz CT molecular complexity index is 1430. The van der Waals surface area contributed by atoms with Gasteiger partial charge in [0.1, 0.15) is 11.5 Å². The fraction of sp³-hybridized carbons (Fsp3) is 0.312. The molecule has 7 heteroatoms. The molecule has 0 radical (unpaired) electrons. The largest absolute Gasteiger partial charge is 0.497 e. The maximum Gasteiger partial charge on any atom is 0.262 e. The third kappa shape index (κ3) is 6.86. The van der Waals surface area contributed by atoms with Gasteiger partial charge < -0.3 is 19.4 Å². The summed E-state index contributed by atoms with van der Waals surface area (Å²) in [5.41, 5.74) is 6.64. The number of rotatable bonds is 11. The van der Waals surface area contributed by atoms with E-state index in [9.17, 15) is 4.79 Å². The maximum absolute atomic E-state index is 12.5. The van der Waals surface area contributed by atoms with E-state index in [4.69, 9.17) is 9.47 Å². The normalized spacial score (nSPS) is 13.7. The van der Waals surface area contributed by atoms with Gasteiger partial charge in [-0.25, -0.2) is 4.98 Å². The highest BCUT2D eigenvalue weighted by molar-refractivity contribution is 5.94. The van der Waals surface area contributed by atoms with Crippen molar-refractivity contribution in [3.8, 4) is 11.5 Å². The zero-order valence-electron chi connectivity index (χ0n) is 22.7. The van der Waals surface area contributed by atoms with E-state index in [1.165, 1.54) is 11.1 Å². The number of methoxy groups -OCH3 is 1. The van der Waals surface area contributed by atoms with Crippen LogP contribution in [0.4, 0.5) is 5.69 Å². The molecule has 202 valence electrons. The van der Waals surface area contributed by atoms with Crippen LogP contribution in [0.15, 0.2) is 79.1 Å². The summed E-state index contributed by atoms with van der Waals surface area (Å²) in [5.74, 6) is 1.14. The number of hydrogen-bond acceptors (Lipinski definition) is 5. The zero-order valence-corrected chi connectivity index (χ0v) is 22.7. The van der Waals surface area contributed by atoms with Crippen LogP contribution in [0.25, 0.3) is 16.6 Å². The van der Waals surface area contributed by atoms with Crippen molar-refractivity contribution in [3.05, 3.63) is 90.3 Å². The molecule has 4 aromatic rings. The molecule has 1 aliphatic heterocycles. The third-order valence-corrected chi connectivity index (χ3v) is 7.18. The van der Waals surface area contributed by atoms with Crippen LogP contribution in [0.3, 0.4) is 0 Å². The number of carbonyl (C=O) groups is 1. The van der Waals surface area contributed by atoms with E-state index in [0.29, 0.717) is 5.75 Å². The summed E-state index contributed by atoms with van der Waals surface area (Å²) in [6.07, 6.45) is 7.65. The van der Waals surface area contributed by atoms with E-state index >= 15 is 0 Å². The second-order valence-corrected chi connectivity index (χ2v) is 9.96. The van der Waals surface area contributed by atoms with Crippen molar-refractivity contribution in [3.63, 3.8) is 0 Å². The van der Waals surface area contributed by atoms with Crippen LogP contribution < -0.4 is 14.8 Å². The quantitative estimate of drug-likeness (QED) is 0.246. The number of aryl methyl sites for hydroxylation is 2. The lowest BCUT2D eigenvalue weighted by Crippen LogP contribution is -2.29. The first-order valence-electron chi connectivity index (χ1n) is 13.6. The van der Waals surface area contributed by atoms with Gasteiger partial charge in [-0.3, -0.25) is 9.69 Å². The summed E-state index contributed by atoms with van der Waals surface area (Å²) in [6, 6.07) is 21.8. The molecule has 0 bridgehead atoms. The van der Waals surface area contributed by atoms with Crippen molar-refractivity contribution >= 4 is 28.2 Å². The average Bonchev–Trinajstić information content (AvgIpc) is 3.38. The molecule has 0 atom stereocenters. The minimum atomic E-state index is -0.215. The Morgan fingerprint density at radius 3 is 2.51 bits per heavy atom. The molecule has 0 unspecified atom stereocenters. The first kappa shape index (κ1) is 26.5. The van der Waals surface area contributed by atoms with E-state index in [1.807, 2.05) is 18.5 Å². The summed E-state index contributed by atoms with van der Waals surface area (Å²) in [6.45, 7) is 6.17. The van der Waals surface area contributed by atoms with Crippen molar-refractivity contribution in [1.82, 2.24) is 14.5 Å². The zero-order chi connectivity index (χ0) is 27.0. The molecule has 1 N–H and O–H groups in total. The standard InChI is InChI=1S/C32H36N4O3/c1-24-20-27(34-31(37)22-39-29-12-10-28(38-2)11-13-29)21-30-32(24)36(23-33-30)17-7-6-16-35-18-14-26(15-19-35)25-8-4-3-5-9-25/h3-5,8-14,20-21,23H,6-7,15-19,22H2,1-2H3,(H,34,37). The summed E-state index contributed by atoms with van der Waals surface area (Å²) in [4.78, 5) is 19.6. The first-order valence-corrected chi connectivity index (χ1v) is 13.6. The van der Waals surface area contributed by atoms with Crippen LogP contribution in [-0.4, -0.2) is 53.7 Å². The molecule has 1 amide bonds. The topological polar surface area (TPSA) is 68.6 Å². The van der Waals surface area contributed by atoms with Crippen LogP contribution in [0.1, 0.15) is 30.4 Å². The fourth-order valence-electron chi connectivity index (χ4n) is 5.13. The smallest absolute Gasteiger partial charge is 0.262 e. The van der Waals surface area contributed by atoms with Gasteiger partial charge in [-0.15, -0.1) is 0 Å². The molecule has 1 aromatic heterocycles. The Labute approximate surface area is 230 Å². The molecule has 0 spiro atoms. The van der Waals surface area contributed by atoms with Crippen LogP contribution in [0, 0.1) is 6.92 Å². The number of ether oxygens (including phenoxy) is 2. The number of nitrogens with one attached hydrogen (secondary N) is 1. The molecule has 0 saturated heterocycles. The Morgan fingerprint density at radius 1 is 1.00 bits per heavy atom. The van der Waals surface area contributed by atoms with Gasteiger partial charge in [0.25, 0.3) is 5.91 Å². The molecule has 0 saturated carbocycles. The SMILES string of the molecule is COc1ccc(OCC(=O)Nc2cc(C)c3c(c2)ncn3CCCCN2CC=C(c3ccccc3)CC2)cc1. The third-order valence-electron chi connectivity index (χ3n) is 7.18. The second kappa shape index (κ2) is 12.6. The Balaban J connectivity index is 1.09. The van der Waals surface area contributed by atoms with Crippen LogP contribution in [0.5, 0.6) is 11.5 Å².